The molecule has 0 radical (unpaired) electrons. The summed E-state index contributed by atoms with van der Waals surface area (Å²) in [7, 11) is 0. The molecule has 0 fully saturated rings. The van der Waals surface area contributed by atoms with Crippen molar-refractivity contribution in [1.29, 1.82) is 0 Å². The van der Waals surface area contributed by atoms with Gasteiger partial charge in [-0.1, -0.05) is 6.92 Å². The monoisotopic (exact) mass is 286 g/mol. The molecular weight excluding hydrogens is 256 g/mol. The van der Waals surface area contributed by atoms with Crippen LogP contribution in [-0.4, -0.2) is 59.9 Å². The maximum atomic E-state index is 11.1. The van der Waals surface area contributed by atoms with Gasteiger partial charge in [-0.2, -0.15) is 0 Å². The minimum absolute atomic E-state index is 0.258. The van der Waals surface area contributed by atoms with E-state index in [4.69, 9.17) is 11.5 Å². The predicted molar refractivity (Wildman–Crippen MR) is 81.0 cm³/mol. The van der Waals surface area contributed by atoms with Crippen LogP contribution < -0.4 is 11.5 Å². The molecule has 0 rings (SSSR count). The molecule has 0 unspecified atom stereocenters. The van der Waals surface area contributed by atoms with Gasteiger partial charge in [-0.25, -0.2) is 0 Å². The second-order valence-corrected chi connectivity index (χ2v) is 6.08. The number of carbonyl (C=O) groups is 2. The zero-order chi connectivity index (χ0) is 15.9. The maximum Gasteiger partial charge on any atom is 0.231 e. The Morgan fingerprint density at radius 3 is 1.30 bits per heavy atom. The van der Waals surface area contributed by atoms with Crippen LogP contribution in [0.2, 0.25) is 0 Å². The van der Waals surface area contributed by atoms with Crippen molar-refractivity contribution in [1.82, 2.24) is 9.80 Å². The number of amides is 2. The highest BCUT2D eigenvalue weighted by atomic mass is 16.1. The quantitative estimate of drug-likeness (QED) is 0.592. The Balaban J connectivity index is 4.51. The third-order valence-corrected chi connectivity index (χ3v) is 3.27. The molecule has 0 aliphatic carbocycles. The number of nitrogens with zero attached hydrogens (tertiary/aromatic N) is 2. The summed E-state index contributed by atoms with van der Waals surface area (Å²) in [5.41, 5.74) is 10.5. The summed E-state index contributed by atoms with van der Waals surface area (Å²) in [6.07, 6.45) is 0. The van der Waals surface area contributed by atoms with E-state index in [2.05, 4.69) is 16.7 Å². The topological polar surface area (TPSA) is 92.7 Å². The van der Waals surface area contributed by atoms with Gasteiger partial charge >= 0.3 is 0 Å². The molecule has 0 aromatic heterocycles. The lowest BCUT2D eigenvalue weighted by molar-refractivity contribution is -0.120. The highest BCUT2D eigenvalue weighted by molar-refractivity contribution is 5.76. The molecule has 2 amide bonds. The summed E-state index contributed by atoms with van der Waals surface area (Å²) in [4.78, 5) is 26.3. The van der Waals surface area contributed by atoms with Crippen molar-refractivity contribution in [3.63, 3.8) is 0 Å². The zero-order valence-corrected chi connectivity index (χ0v) is 13.4. The van der Waals surface area contributed by atoms with Crippen molar-refractivity contribution in [2.75, 3.05) is 26.2 Å². The average Bonchev–Trinajstić information content (AvgIpc) is 2.25. The summed E-state index contributed by atoms with van der Waals surface area (Å²) < 4.78 is 0. The first-order valence-corrected chi connectivity index (χ1v) is 7.18. The molecule has 6 heteroatoms. The fraction of sp³-hybridized carbons (Fsp3) is 0.857. The molecule has 0 heterocycles. The SMILES string of the molecule is CC(CN(CC(N)=O)C(C)C)CN(CC(N)=O)C(C)C. The van der Waals surface area contributed by atoms with Gasteiger partial charge in [-0.15, -0.1) is 0 Å². The van der Waals surface area contributed by atoms with E-state index in [0.717, 1.165) is 13.1 Å². The normalized spacial score (nSPS) is 12.1. The van der Waals surface area contributed by atoms with Crippen LogP contribution in [0.15, 0.2) is 0 Å². The molecule has 0 aromatic carbocycles. The lowest BCUT2D eigenvalue weighted by Crippen LogP contribution is -2.45. The van der Waals surface area contributed by atoms with Crippen molar-refractivity contribution in [2.24, 2.45) is 17.4 Å². The summed E-state index contributed by atoms with van der Waals surface area (Å²) in [5.74, 6) is -0.314. The van der Waals surface area contributed by atoms with E-state index in [1.54, 1.807) is 0 Å². The number of hydrogen-bond donors (Lipinski definition) is 2. The van der Waals surface area contributed by atoms with Crippen molar-refractivity contribution in [2.45, 2.75) is 46.7 Å². The molecule has 118 valence electrons. The molecule has 0 aliphatic heterocycles. The van der Waals surface area contributed by atoms with Crippen LogP contribution in [0.5, 0.6) is 0 Å². The second-order valence-electron chi connectivity index (χ2n) is 6.08. The first kappa shape index (κ1) is 18.9. The van der Waals surface area contributed by atoms with Crippen molar-refractivity contribution < 1.29 is 9.59 Å². The van der Waals surface area contributed by atoms with Crippen molar-refractivity contribution in [3.8, 4) is 0 Å². The van der Waals surface area contributed by atoms with Crippen LogP contribution in [0.25, 0.3) is 0 Å². The maximum absolute atomic E-state index is 11.1. The molecule has 20 heavy (non-hydrogen) atoms. The Morgan fingerprint density at radius 2 is 1.10 bits per heavy atom. The molecule has 6 nitrogen and oxygen atoms in total. The highest BCUT2D eigenvalue weighted by Gasteiger charge is 2.19. The third kappa shape index (κ3) is 8.12. The Hall–Kier alpha value is -1.14. The minimum Gasteiger partial charge on any atom is -0.369 e. The van der Waals surface area contributed by atoms with E-state index in [0.29, 0.717) is 5.92 Å². The smallest absolute Gasteiger partial charge is 0.231 e. The number of primary amides is 2. The van der Waals surface area contributed by atoms with Gasteiger partial charge in [-0.3, -0.25) is 19.4 Å². The fourth-order valence-corrected chi connectivity index (χ4v) is 2.17. The summed E-state index contributed by atoms with van der Waals surface area (Å²) in [6.45, 7) is 12.3. The van der Waals surface area contributed by atoms with Gasteiger partial charge in [0, 0.05) is 25.2 Å². The molecule has 0 aromatic rings. The Bertz CT molecular complexity index is 288. The molecule has 0 saturated heterocycles. The summed E-state index contributed by atoms with van der Waals surface area (Å²) in [5, 5.41) is 0. The zero-order valence-electron chi connectivity index (χ0n) is 13.4. The number of rotatable bonds is 10. The Kier molecular flexibility index (Phi) is 8.41. The molecule has 4 N–H and O–H groups in total. The van der Waals surface area contributed by atoms with E-state index in [1.807, 2.05) is 27.7 Å². The molecule has 0 bridgehead atoms. The lowest BCUT2D eigenvalue weighted by atomic mass is 10.1. The first-order chi connectivity index (χ1) is 9.13. The van der Waals surface area contributed by atoms with Gasteiger partial charge < -0.3 is 11.5 Å². The van der Waals surface area contributed by atoms with Gasteiger partial charge in [0.2, 0.25) is 11.8 Å². The summed E-state index contributed by atoms with van der Waals surface area (Å²) in [6, 6.07) is 0.516. The van der Waals surface area contributed by atoms with E-state index in [-0.39, 0.29) is 37.0 Å². The second kappa shape index (κ2) is 8.92. The van der Waals surface area contributed by atoms with Crippen LogP contribution in [0.1, 0.15) is 34.6 Å². The van der Waals surface area contributed by atoms with E-state index in [9.17, 15) is 9.59 Å². The molecule has 0 spiro atoms. The van der Waals surface area contributed by atoms with Crippen molar-refractivity contribution in [3.05, 3.63) is 0 Å². The average molecular weight is 286 g/mol. The predicted octanol–water partition coefficient (Wildman–Crippen LogP) is 0.0139. The van der Waals surface area contributed by atoms with Crippen LogP contribution in [0.3, 0.4) is 0 Å². The number of nitrogens with two attached hydrogens (primary N) is 2. The van der Waals surface area contributed by atoms with Crippen LogP contribution in [-0.2, 0) is 9.59 Å². The van der Waals surface area contributed by atoms with E-state index >= 15 is 0 Å². The Labute approximate surface area is 122 Å². The fourth-order valence-electron chi connectivity index (χ4n) is 2.17. The van der Waals surface area contributed by atoms with Gasteiger partial charge in [0.1, 0.15) is 0 Å². The van der Waals surface area contributed by atoms with Crippen LogP contribution >= 0.6 is 0 Å². The van der Waals surface area contributed by atoms with Crippen LogP contribution in [0.4, 0.5) is 0 Å². The largest absolute Gasteiger partial charge is 0.369 e. The number of carbonyl (C=O) groups excluding carboxylic acids is 2. The van der Waals surface area contributed by atoms with E-state index < -0.39 is 0 Å². The van der Waals surface area contributed by atoms with Crippen LogP contribution in [0, 0.1) is 5.92 Å². The van der Waals surface area contributed by atoms with Gasteiger partial charge in [0.25, 0.3) is 0 Å². The molecule has 0 saturated carbocycles. The lowest BCUT2D eigenvalue weighted by Gasteiger charge is -2.32. The first-order valence-electron chi connectivity index (χ1n) is 7.18. The Morgan fingerprint density at radius 1 is 0.800 bits per heavy atom. The highest BCUT2D eigenvalue weighted by Crippen LogP contribution is 2.09. The molecule has 0 aliphatic rings. The molecule has 0 atom stereocenters. The van der Waals surface area contributed by atoms with Crippen molar-refractivity contribution >= 4 is 11.8 Å². The van der Waals surface area contributed by atoms with Gasteiger partial charge in [-0.05, 0) is 33.6 Å². The minimum atomic E-state index is -0.316. The van der Waals surface area contributed by atoms with Gasteiger partial charge in [0.15, 0.2) is 0 Å². The molecular formula is C14H30N4O2. The van der Waals surface area contributed by atoms with E-state index in [1.165, 1.54) is 0 Å². The standard InChI is InChI=1S/C14H30N4O2/c1-10(2)17(8-13(15)19)6-12(5)7-18(11(3)4)9-14(16)20/h10-12H,6-9H2,1-5H3,(H2,15,19)(H2,16,20). The third-order valence-electron chi connectivity index (χ3n) is 3.27. The van der Waals surface area contributed by atoms with Gasteiger partial charge in [0.05, 0.1) is 13.1 Å². The number of hydrogen-bond acceptors (Lipinski definition) is 4. The summed E-state index contributed by atoms with van der Waals surface area (Å²) >= 11 is 0.